The Bertz CT molecular complexity index is 330. The van der Waals surface area contributed by atoms with E-state index in [2.05, 4.69) is 20.9 Å². The van der Waals surface area contributed by atoms with Gasteiger partial charge in [-0.15, -0.1) is 0 Å². The molecule has 3 fully saturated rings. The number of piperazine rings is 1. The summed E-state index contributed by atoms with van der Waals surface area (Å²) in [5, 5.41) is 9.61. The van der Waals surface area contributed by atoms with Crippen molar-refractivity contribution in [2.75, 3.05) is 39.4 Å². The Morgan fingerprint density at radius 1 is 1.15 bits per heavy atom. The molecule has 0 aromatic heterocycles. The Kier molecular flexibility index (Phi) is 4.91. The van der Waals surface area contributed by atoms with Crippen molar-refractivity contribution in [3.63, 3.8) is 0 Å². The summed E-state index contributed by atoms with van der Waals surface area (Å²) in [4.78, 5) is 14.5. The van der Waals surface area contributed by atoms with Gasteiger partial charge in [0.25, 0.3) is 0 Å². The van der Waals surface area contributed by atoms with Gasteiger partial charge in [0.05, 0.1) is 12.7 Å². The SMILES string of the molecule is O=C(NCN1CCC2CCCCC2C1)C1CNCCN1. The molecule has 114 valence electrons. The highest BCUT2D eigenvalue weighted by Crippen LogP contribution is 2.35. The summed E-state index contributed by atoms with van der Waals surface area (Å²) in [6.07, 6.45) is 6.98. The van der Waals surface area contributed by atoms with Crippen LogP contribution in [0.15, 0.2) is 0 Å². The van der Waals surface area contributed by atoms with Crippen LogP contribution < -0.4 is 16.0 Å². The summed E-state index contributed by atoms with van der Waals surface area (Å²) in [5.41, 5.74) is 0. The molecule has 1 saturated carbocycles. The Labute approximate surface area is 121 Å². The number of fused-ring (bicyclic) bond motifs is 1. The molecule has 3 N–H and O–H groups in total. The molecule has 1 aliphatic carbocycles. The largest absolute Gasteiger partial charge is 0.342 e. The molecule has 0 bridgehead atoms. The predicted molar refractivity (Wildman–Crippen MR) is 79.3 cm³/mol. The monoisotopic (exact) mass is 280 g/mol. The molecule has 5 nitrogen and oxygen atoms in total. The number of hydrogen-bond acceptors (Lipinski definition) is 4. The number of likely N-dealkylation sites (tertiary alicyclic amines) is 1. The molecule has 3 rings (SSSR count). The van der Waals surface area contributed by atoms with Gasteiger partial charge in [-0.2, -0.15) is 0 Å². The molecule has 2 saturated heterocycles. The lowest BCUT2D eigenvalue weighted by atomic mass is 9.75. The molecule has 2 aliphatic heterocycles. The summed E-state index contributed by atoms with van der Waals surface area (Å²) in [6, 6.07) is -0.0593. The highest BCUT2D eigenvalue weighted by atomic mass is 16.2. The van der Waals surface area contributed by atoms with Gasteiger partial charge in [0.2, 0.25) is 5.91 Å². The van der Waals surface area contributed by atoms with Crippen molar-refractivity contribution in [2.45, 2.75) is 38.1 Å². The van der Waals surface area contributed by atoms with Crippen molar-refractivity contribution in [2.24, 2.45) is 11.8 Å². The third kappa shape index (κ3) is 3.51. The lowest BCUT2D eigenvalue weighted by Crippen LogP contribution is -2.57. The molecule has 0 spiro atoms. The average molecular weight is 280 g/mol. The minimum Gasteiger partial charge on any atom is -0.342 e. The highest BCUT2D eigenvalue weighted by Gasteiger charge is 2.31. The fraction of sp³-hybridized carbons (Fsp3) is 0.933. The Morgan fingerprint density at radius 3 is 2.80 bits per heavy atom. The van der Waals surface area contributed by atoms with Crippen LogP contribution in [0.1, 0.15) is 32.1 Å². The summed E-state index contributed by atoms with van der Waals surface area (Å²) in [5.74, 6) is 1.98. The number of nitrogens with zero attached hydrogens (tertiary/aromatic N) is 1. The molecule has 0 radical (unpaired) electrons. The zero-order valence-corrected chi connectivity index (χ0v) is 12.4. The van der Waals surface area contributed by atoms with E-state index in [9.17, 15) is 4.79 Å². The topological polar surface area (TPSA) is 56.4 Å². The van der Waals surface area contributed by atoms with Gasteiger partial charge in [-0.1, -0.05) is 19.3 Å². The van der Waals surface area contributed by atoms with Crippen LogP contribution in [-0.2, 0) is 4.79 Å². The van der Waals surface area contributed by atoms with Gasteiger partial charge in [0, 0.05) is 32.7 Å². The van der Waals surface area contributed by atoms with Crippen LogP contribution in [0.2, 0.25) is 0 Å². The minimum atomic E-state index is -0.0593. The standard InChI is InChI=1S/C15H28N4O/c20-15(14-9-16-6-7-17-14)18-11-19-8-5-12-3-1-2-4-13(12)10-19/h12-14,16-17H,1-11H2,(H,18,20). The summed E-state index contributed by atoms with van der Waals surface area (Å²) in [6.45, 7) is 5.64. The van der Waals surface area contributed by atoms with Gasteiger partial charge in [-0.25, -0.2) is 0 Å². The second kappa shape index (κ2) is 6.87. The number of amides is 1. The second-order valence-corrected chi connectivity index (χ2v) is 6.58. The molecule has 1 amide bonds. The van der Waals surface area contributed by atoms with E-state index >= 15 is 0 Å². The predicted octanol–water partition coefficient (Wildman–Crippen LogP) is 0.134. The fourth-order valence-corrected chi connectivity index (χ4v) is 3.97. The van der Waals surface area contributed by atoms with E-state index in [1.807, 2.05) is 0 Å². The first-order chi connectivity index (χ1) is 9.83. The molecular formula is C15H28N4O. The third-order valence-electron chi connectivity index (χ3n) is 5.21. The molecular weight excluding hydrogens is 252 g/mol. The van der Waals surface area contributed by atoms with Gasteiger partial charge in [-0.3, -0.25) is 9.69 Å². The Morgan fingerprint density at radius 2 is 2.00 bits per heavy atom. The van der Waals surface area contributed by atoms with Gasteiger partial charge in [0.1, 0.15) is 0 Å². The summed E-state index contributed by atoms with van der Waals surface area (Å²) >= 11 is 0. The number of hydrogen-bond donors (Lipinski definition) is 3. The Hall–Kier alpha value is -0.650. The molecule has 0 aromatic rings. The maximum Gasteiger partial charge on any atom is 0.239 e. The highest BCUT2D eigenvalue weighted by molar-refractivity contribution is 5.82. The maximum absolute atomic E-state index is 12.1. The number of carbonyl (C=O) groups is 1. The van der Waals surface area contributed by atoms with Crippen molar-refractivity contribution < 1.29 is 4.79 Å². The number of rotatable bonds is 3. The lowest BCUT2D eigenvalue weighted by molar-refractivity contribution is -0.124. The molecule has 5 heteroatoms. The zero-order valence-electron chi connectivity index (χ0n) is 12.4. The van der Waals surface area contributed by atoms with E-state index < -0.39 is 0 Å². The van der Waals surface area contributed by atoms with E-state index in [0.29, 0.717) is 0 Å². The van der Waals surface area contributed by atoms with Crippen LogP contribution >= 0.6 is 0 Å². The van der Waals surface area contributed by atoms with Gasteiger partial charge < -0.3 is 16.0 Å². The molecule has 3 atom stereocenters. The normalized spacial score (nSPS) is 35.3. The first kappa shape index (κ1) is 14.3. The number of piperidine rings is 1. The molecule has 0 aromatic carbocycles. The first-order valence-electron chi connectivity index (χ1n) is 8.27. The van der Waals surface area contributed by atoms with Crippen LogP contribution in [0.25, 0.3) is 0 Å². The van der Waals surface area contributed by atoms with Crippen LogP contribution in [0, 0.1) is 11.8 Å². The van der Waals surface area contributed by atoms with Crippen molar-refractivity contribution in [3.05, 3.63) is 0 Å². The van der Waals surface area contributed by atoms with Crippen molar-refractivity contribution in [1.82, 2.24) is 20.9 Å². The van der Waals surface area contributed by atoms with Crippen LogP contribution in [0.5, 0.6) is 0 Å². The van der Waals surface area contributed by atoms with E-state index in [-0.39, 0.29) is 11.9 Å². The fourth-order valence-electron chi connectivity index (χ4n) is 3.97. The lowest BCUT2D eigenvalue weighted by Gasteiger charge is -2.41. The van der Waals surface area contributed by atoms with Gasteiger partial charge in [-0.05, 0) is 24.7 Å². The van der Waals surface area contributed by atoms with E-state index in [1.54, 1.807) is 0 Å². The second-order valence-electron chi connectivity index (χ2n) is 6.58. The van der Waals surface area contributed by atoms with Gasteiger partial charge >= 0.3 is 0 Å². The maximum atomic E-state index is 12.1. The van der Waals surface area contributed by atoms with Crippen molar-refractivity contribution in [3.8, 4) is 0 Å². The van der Waals surface area contributed by atoms with Gasteiger partial charge in [0.15, 0.2) is 0 Å². The van der Waals surface area contributed by atoms with Crippen LogP contribution in [0.3, 0.4) is 0 Å². The average Bonchev–Trinajstić information content (AvgIpc) is 2.53. The van der Waals surface area contributed by atoms with Crippen molar-refractivity contribution >= 4 is 5.91 Å². The Balaban J connectivity index is 1.41. The molecule has 3 aliphatic rings. The zero-order chi connectivity index (χ0) is 13.8. The van der Waals surface area contributed by atoms with Crippen LogP contribution in [-0.4, -0.2) is 56.2 Å². The third-order valence-corrected chi connectivity index (χ3v) is 5.21. The van der Waals surface area contributed by atoms with E-state index in [1.165, 1.54) is 38.6 Å². The van der Waals surface area contributed by atoms with E-state index in [0.717, 1.165) is 44.7 Å². The molecule has 3 unspecified atom stereocenters. The quantitative estimate of drug-likeness (QED) is 0.688. The molecule has 20 heavy (non-hydrogen) atoms. The number of nitrogens with one attached hydrogen (secondary N) is 3. The summed E-state index contributed by atoms with van der Waals surface area (Å²) in [7, 11) is 0. The summed E-state index contributed by atoms with van der Waals surface area (Å²) < 4.78 is 0. The van der Waals surface area contributed by atoms with Crippen molar-refractivity contribution in [1.29, 1.82) is 0 Å². The minimum absolute atomic E-state index is 0.0593. The van der Waals surface area contributed by atoms with Crippen LogP contribution in [0.4, 0.5) is 0 Å². The number of carbonyl (C=O) groups excluding carboxylic acids is 1. The first-order valence-corrected chi connectivity index (χ1v) is 8.27. The van der Waals surface area contributed by atoms with E-state index in [4.69, 9.17) is 0 Å². The smallest absolute Gasteiger partial charge is 0.239 e. The molecule has 2 heterocycles.